The average molecular weight is 192 g/mol. The fourth-order valence-electron chi connectivity index (χ4n) is 1.41. The molecule has 4 nitrogen and oxygen atoms in total. The molecule has 0 unspecified atom stereocenters. The zero-order valence-corrected chi connectivity index (χ0v) is 8.20. The standard InChI is InChI=1S/C10H12N2O2/c1-3-14-8-6-12-9-7(13-2)4-5-11-10(8)9/h4-6,12H,3H2,1-2H3. The molecular formula is C10H12N2O2. The normalized spacial score (nSPS) is 10.4. The first-order valence-electron chi connectivity index (χ1n) is 4.49. The van der Waals surface area contributed by atoms with Crippen LogP contribution in [0.1, 0.15) is 6.92 Å². The van der Waals surface area contributed by atoms with Gasteiger partial charge in [0.1, 0.15) is 16.8 Å². The predicted octanol–water partition coefficient (Wildman–Crippen LogP) is 1.97. The van der Waals surface area contributed by atoms with Crippen LogP contribution in [0.2, 0.25) is 0 Å². The Morgan fingerprint density at radius 2 is 2.29 bits per heavy atom. The van der Waals surface area contributed by atoms with Crippen LogP contribution >= 0.6 is 0 Å². The van der Waals surface area contributed by atoms with Gasteiger partial charge in [-0.15, -0.1) is 0 Å². The van der Waals surface area contributed by atoms with Gasteiger partial charge in [0.15, 0.2) is 5.75 Å². The number of aromatic nitrogens is 2. The van der Waals surface area contributed by atoms with Gasteiger partial charge in [-0.2, -0.15) is 0 Å². The van der Waals surface area contributed by atoms with E-state index in [1.54, 1.807) is 19.5 Å². The van der Waals surface area contributed by atoms with Crippen LogP contribution in [0.4, 0.5) is 0 Å². The molecule has 0 saturated carbocycles. The number of hydrogen-bond acceptors (Lipinski definition) is 3. The van der Waals surface area contributed by atoms with Crippen molar-refractivity contribution in [3.05, 3.63) is 18.5 Å². The minimum Gasteiger partial charge on any atom is -0.494 e. The first kappa shape index (κ1) is 8.87. The second-order valence-corrected chi connectivity index (χ2v) is 2.82. The van der Waals surface area contributed by atoms with E-state index in [4.69, 9.17) is 9.47 Å². The Hall–Kier alpha value is -1.71. The number of aromatic amines is 1. The molecular weight excluding hydrogens is 180 g/mol. The number of nitrogens with one attached hydrogen (secondary N) is 1. The number of hydrogen-bond donors (Lipinski definition) is 1. The topological polar surface area (TPSA) is 47.1 Å². The van der Waals surface area contributed by atoms with Crippen LogP contribution in [-0.2, 0) is 0 Å². The van der Waals surface area contributed by atoms with Crippen LogP contribution in [0.25, 0.3) is 11.0 Å². The molecule has 0 amide bonds. The summed E-state index contributed by atoms with van der Waals surface area (Å²) in [5, 5.41) is 0. The van der Waals surface area contributed by atoms with Gasteiger partial charge >= 0.3 is 0 Å². The number of ether oxygens (including phenoxy) is 2. The van der Waals surface area contributed by atoms with Crippen molar-refractivity contribution >= 4 is 11.0 Å². The molecule has 0 radical (unpaired) electrons. The number of pyridine rings is 1. The highest BCUT2D eigenvalue weighted by Gasteiger charge is 2.09. The molecule has 0 saturated heterocycles. The summed E-state index contributed by atoms with van der Waals surface area (Å²) < 4.78 is 10.6. The smallest absolute Gasteiger partial charge is 0.163 e. The van der Waals surface area contributed by atoms with Gasteiger partial charge in [0.25, 0.3) is 0 Å². The average Bonchev–Trinajstić information content (AvgIpc) is 2.62. The van der Waals surface area contributed by atoms with Crippen LogP contribution in [-0.4, -0.2) is 23.7 Å². The molecule has 0 atom stereocenters. The molecule has 0 aliphatic heterocycles. The summed E-state index contributed by atoms with van der Waals surface area (Å²) in [6.07, 6.45) is 3.50. The van der Waals surface area contributed by atoms with Crippen molar-refractivity contribution in [2.24, 2.45) is 0 Å². The molecule has 0 aliphatic carbocycles. The van der Waals surface area contributed by atoms with E-state index in [9.17, 15) is 0 Å². The van der Waals surface area contributed by atoms with Crippen LogP contribution < -0.4 is 9.47 Å². The van der Waals surface area contributed by atoms with Gasteiger partial charge < -0.3 is 14.5 Å². The largest absolute Gasteiger partial charge is 0.494 e. The number of fused-ring (bicyclic) bond motifs is 1. The van der Waals surface area contributed by atoms with E-state index < -0.39 is 0 Å². The van der Waals surface area contributed by atoms with Crippen LogP contribution in [0.5, 0.6) is 11.5 Å². The molecule has 0 aromatic carbocycles. The third kappa shape index (κ3) is 1.28. The van der Waals surface area contributed by atoms with Crippen molar-refractivity contribution in [1.29, 1.82) is 0 Å². The third-order valence-corrected chi connectivity index (χ3v) is 2.01. The zero-order valence-electron chi connectivity index (χ0n) is 8.20. The minimum absolute atomic E-state index is 0.631. The van der Waals surface area contributed by atoms with Gasteiger partial charge in [0.2, 0.25) is 0 Å². The van der Waals surface area contributed by atoms with Crippen LogP contribution in [0, 0.1) is 0 Å². The summed E-state index contributed by atoms with van der Waals surface area (Å²) in [4.78, 5) is 7.31. The van der Waals surface area contributed by atoms with Crippen molar-refractivity contribution in [1.82, 2.24) is 9.97 Å². The second kappa shape index (κ2) is 3.57. The molecule has 2 aromatic heterocycles. The molecule has 1 N–H and O–H groups in total. The first-order chi connectivity index (χ1) is 6.86. The van der Waals surface area contributed by atoms with E-state index in [-0.39, 0.29) is 0 Å². The summed E-state index contributed by atoms with van der Waals surface area (Å²) in [5.41, 5.74) is 1.68. The Balaban J connectivity index is 2.57. The van der Waals surface area contributed by atoms with Crippen molar-refractivity contribution in [3.8, 4) is 11.5 Å². The Labute approximate surface area is 81.9 Å². The van der Waals surface area contributed by atoms with Crippen molar-refractivity contribution < 1.29 is 9.47 Å². The molecule has 0 aliphatic rings. The van der Waals surface area contributed by atoms with Gasteiger partial charge in [0, 0.05) is 18.5 Å². The lowest BCUT2D eigenvalue weighted by atomic mass is 10.3. The van der Waals surface area contributed by atoms with Crippen LogP contribution in [0.3, 0.4) is 0 Å². The first-order valence-corrected chi connectivity index (χ1v) is 4.49. The SMILES string of the molecule is CCOc1c[nH]c2c(OC)ccnc12. The highest BCUT2D eigenvalue weighted by Crippen LogP contribution is 2.29. The summed E-state index contributed by atoms with van der Waals surface area (Å²) in [6, 6.07) is 1.81. The monoisotopic (exact) mass is 192 g/mol. The minimum atomic E-state index is 0.631. The number of methoxy groups -OCH3 is 1. The van der Waals surface area contributed by atoms with Gasteiger partial charge in [-0.25, -0.2) is 0 Å². The summed E-state index contributed by atoms with van der Waals surface area (Å²) in [6.45, 7) is 2.57. The number of nitrogens with zero attached hydrogens (tertiary/aromatic N) is 1. The Morgan fingerprint density at radius 3 is 3.00 bits per heavy atom. The van der Waals surface area contributed by atoms with Gasteiger partial charge in [-0.05, 0) is 6.92 Å². The predicted molar refractivity (Wildman–Crippen MR) is 53.8 cm³/mol. The van der Waals surface area contributed by atoms with E-state index in [1.165, 1.54) is 0 Å². The van der Waals surface area contributed by atoms with Crippen molar-refractivity contribution in [3.63, 3.8) is 0 Å². The molecule has 14 heavy (non-hydrogen) atoms. The van der Waals surface area contributed by atoms with E-state index in [0.29, 0.717) is 6.61 Å². The Kier molecular flexibility index (Phi) is 2.26. The zero-order chi connectivity index (χ0) is 9.97. The van der Waals surface area contributed by atoms with E-state index in [2.05, 4.69) is 9.97 Å². The fraction of sp³-hybridized carbons (Fsp3) is 0.300. The lowest BCUT2D eigenvalue weighted by molar-refractivity contribution is 0.343. The van der Waals surface area contributed by atoms with Gasteiger partial charge in [0.05, 0.1) is 13.7 Å². The lowest BCUT2D eigenvalue weighted by Gasteiger charge is -2.01. The number of H-pyrrole nitrogens is 1. The van der Waals surface area contributed by atoms with Crippen molar-refractivity contribution in [2.75, 3.05) is 13.7 Å². The molecule has 74 valence electrons. The molecule has 2 heterocycles. The van der Waals surface area contributed by atoms with E-state index >= 15 is 0 Å². The second-order valence-electron chi connectivity index (χ2n) is 2.82. The maximum Gasteiger partial charge on any atom is 0.163 e. The summed E-state index contributed by atoms with van der Waals surface area (Å²) in [7, 11) is 1.63. The highest BCUT2D eigenvalue weighted by atomic mass is 16.5. The Bertz CT molecular complexity index is 437. The molecule has 2 rings (SSSR count). The molecule has 4 heteroatoms. The molecule has 0 bridgehead atoms. The highest BCUT2D eigenvalue weighted by molar-refractivity contribution is 5.86. The quantitative estimate of drug-likeness (QED) is 0.808. The lowest BCUT2D eigenvalue weighted by Crippen LogP contribution is -1.91. The van der Waals surface area contributed by atoms with Crippen molar-refractivity contribution in [2.45, 2.75) is 6.92 Å². The molecule has 0 spiro atoms. The van der Waals surface area contributed by atoms with E-state index in [0.717, 1.165) is 22.5 Å². The molecule has 2 aromatic rings. The summed E-state index contributed by atoms with van der Waals surface area (Å²) in [5.74, 6) is 1.54. The fourth-order valence-corrected chi connectivity index (χ4v) is 1.41. The maximum absolute atomic E-state index is 5.41. The van der Waals surface area contributed by atoms with Gasteiger partial charge in [-0.1, -0.05) is 0 Å². The Morgan fingerprint density at radius 1 is 1.43 bits per heavy atom. The summed E-state index contributed by atoms with van der Waals surface area (Å²) >= 11 is 0. The number of rotatable bonds is 3. The third-order valence-electron chi connectivity index (χ3n) is 2.01. The molecule has 0 fully saturated rings. The van der Waals surface area contributed by atoms with E-state index in [1.807, 2.05) is 13.0 Å². The van der Waals surface area contributed by atoms with Gasteiger partial charge in [-0.3, -0.25) is 4.98 Å². The van der Waals surface area contributed by atoms with Crippen LogP contribution in [0.15, 0.2) is 18.5 Å². The maximum atomic E-state index is 5.41.